The highest BCUT2D eigenvalue weighted by Crippen LogP contribution is 2.19. The molecule has 3 nitrogen and oxygen atoms in total. The minimum Gasteiger partial charge on any atom is -0.508 e. The number of H-pyrrole nitrogens is 1. The molecule has 2 N–H and O–H groups in total. The van der Waals surface area contributed by atoms with E-state index in [1.54, 1.807) is 12.1 Å². The van der Waals surface area contributed by atoms with E-state index >= 15 is 0 Å². The molecule has 1 aromatic heterocycles. The van der Waals surface area contributed by atoms with E-state index in [0.717, 1.165) is 23.5 Å². The van der Waals surface area contributed by atoms with Crippen molar-refractivity contribution in [3.63, 3.8) is 0 Å². The molecular weight excluding hydrogens is 176 g/mol. The molecule has 1 heterocycles. The highest BCUT2D eigenvalue weighted by atomic mass is 16.3. The van der Waals surface area contributed by atoms with Gasteiger partial charge in [-0.25, -0.2) is 4.98 Å². The van der Waals surface area contributed by atoms with Crippen LogP contribution in [0, 0.1) is 0 Å². The van der Waals surface area contributed by atoms with Crippen molar-refractivity contribution in [2.24, 2.45) is 0 Å². The minimum atomic E-state index is 0.281. The van der Waals surface area contributed by atoms with Crippen molar-refractivity contribution < 1.29 is 5.11 Å². The average molecular weight is 188 g/mol. The van der Waals surface area contributed by atoms with Crippen LogP contribution in [0.3, 0.4) is 0 Å². The summed E-state index contributed by atoms with van der Waals surface area (Å²) in [4.78, 5) is 7.42. The molecule has 0 bridgehead atoms. The molecule has 14 heavy (non-hydrogen) atoms. The van der Waals surface area contributed by atoms with Gasteiger partial charge < -0.3 is 10.1 Å². The number of aromatic hydroxyl groups is 1. The topological polar surface area (TPSA) is 48.9 Å². The summed E-state index contributed by atoms with van der Waals surface area (Å²) in [6, 6.07) is 7.06. The van der Waals surface area contributed by atoms with Gasteiger partial charge >= 0.3 is 0 Å². The molecule has 0 aliphatic carbocycles. The Bertz CT molecular complexity index is 417. The highest BCUT2D eigenvalue weighted by Gasteiger charge is 2.01. The van der Waals surface area contributed by atoms with E-state index in [9.17, 15) is 0 Å². The molecule has 0 spiro atoms. The van der Waals surface area contributed by atoms with Crippen LogP contribution < -0.4 is 0 Å². The van der Waals surface area contributed by atoms with Crippen molar-refractivity contribution in [1.29, 1.82) is 0 Å². The standard InChI is InChI=1S/C11H12N2O/c1-2-11-12-7-10(13-11)8-3-5-9(14)6-4-8/h3-7,14H,2H2,1H3,(H,12,13). The molecule has 0 atom stereocenters. The molecule has 72 valence electrons. The summed E-state index contributed by atoms with van der Waals surface area (Å²) in [5.41, 5.74) is 2.02. The zero-order valence-electron chi connectivity index (χ0n) is 7.99. The molecule has 0 amide bonds. The van der Waals surface area contributed by atoms with Gasteiger partial charge in [0.05, 0.1) is 11.9 Å². The van der Waals surface area contributed by atoms with Gasteiger partial charge in [-0.15, -0.1) is 0 Å². The predicted octanol–water partition coefficient (Wildman–Crippen LogP) is 2.34. The van der Waals surface area contributed by atoms with Crippen LogP contribution in [0.15, 0.2) is 30.5 Å². The van der Waals surface area contributed by atoms with E-state index in [0.29, 0.717) is 0 Å². The summed E-state index contributed by atoms with van der Waals surface area (Å²) >= 11 is 0. The molecule has 0 saturated heterocycles. The zero-order chi connectivity index (χ0) is 9.97. The maximum absolute atomic E-state index is 9.13. The quantitative estimate of drug-likeness (QED) is 0.760. The van der Waals surface area contributed by atoms with Crippen LogP contribution in [-0.4, -0.2) is 15.1 Å². The van der Waals surface area contributed by atoms with E-state index in [2.05, 4.69) is 16.9 Å². The summed E-state index contributed by atoms with van der Waals surface area (Å²) in [5, 5.41) is 9.13. The first kappa shape index (κ1) is 8.81. The predicted molar refractivity (Wildman–Crippen MR) is 55.1 cm³/mol. The number of aromatic nitrogens is 2. The van der Waals surface area contributed by atoms with Gasteiger partial charge in [0, 0.05) is 6.42 Å². The van der Waals surface area contributed by atoms with Crippen LogP contribution in [-0.2, 0) is 6.42 Å². The Morgan fingerprint density at radius 2 is 2.00 bits per heavy atom. The van der Waals surface area contributed by atoms with Gasteiger partial charge in [0.1, 0.15) is 11.6 Å². The van der Waals surface area contributed by atoms with Crippen molar-refractivity contribution in [3.05, 3.63) is 36.3 Å². The van der Waals surface area contributed by atoms with Crippen LogP contribution in [0.1, 0.15) is 12.7 Å². The summed E-state index contributed by atoms with van der Waals surface area (Å²) in [6.45, 7) is 2.05. The Kier molecular flexibility index (Phi) is 2.23. The fraction of sp³-hybridized carbons (Fsp3) is 0.182. The van der Waals surface area contributed by atoms with Crippen LogP contribution in [0.4, 0.5) is 0 Å². The van der Waals surface area contributed by atoms with Gasteiger partial charge in [-0.1, -0.05) is 6.92 Å². The Morgan fingerprint density at radius 3 is 2.57 bits per heavy atom. The first-order valence-electron chi connectivity index (χ1n) is 4.63. The molecule has 2 rings (SSSR count). The third-order valence-corrected chi connectivity index (χ3v) is 2.14. The minimum absolute atomic E-state index is 0.281. The number of nitrogens with one attached hydrogen (secondary N) is 1. The Labute approximate surface area is 82.4 Å². The number of phenolic OH excluding ortho intramolecular Hbond substituents is 1. The normalized spacial score (nSPS) is 10.4. The van der Waals surface area contributed by atoms with Crippen molar-refractivity contribution >= 4 is 0 Å². The number of nitrogens with zero attached hydrogens (tertiary/aromatic N) is 1. The first-order valence-corrected chi connectivity index (χ1v) is 4.63. The number of benzene rings is 1. The van der Waals surface area contributed by atoms with Gasteiger partial charge in [-0.2, -0.15) is 0 Å². The SMILES string of the molecule is CCc1ncc(-c2ccc(O)cc2)[nH]1. The van der Waals surface area contributed by atoms with Crippen LogP contribution in [0.25, 0.3) is 11.3 Å². The number of hydrogen-bond acceptors (Lipinski definition) is 2. The lowest BCUT2D eigenvalue weighted by molar-refractivity contribution is 0.475. The second-order valence-corrected chi connectivity index (χ2v) is 3.14. The molecule has 2 aromatic rings. The molecule has 1 aromatic carbocycles. The van der Waals surface area contributed by atoms with Crippen LogP contribution in [0.5, 0.6) is 5.75 Å². The third-order valence-electron chi connectivity index (χ3n) is 2.14. The number of hydrogen-bond donors (Lipinski definition) is 2. The van der Waals surface area contributed by atoms with Crippen LogP contribution in [0.2, 0.25) is 0 Å². The number of phenols is 1. The summed E-state index contributed by atoms with van der Waals surface area (Å²) in [6.07, 6.45) is 2.71. The van der Waals surface area contributed by atoms with Gasteiger partial charge in [0.2, 0.25) is 0 Å². The van der Waals surface area contributed by atoms with Gasteiger partial charge in [0.25, 0.3) is 0 Å². The highest BCUT2D eigenvalue weighted by molar-refractivity contribution is 5.59. The molecule has 0 aliphatic heterocycles. The summed E-state index contributed by atoms with van der Waals surface area (Å²) in [5.74, 6) is 1.26. The lowest BCUT2D eigenvalue weighted by Crippen LogP contribution is -1.81. The second-order valence-electron chi connectivity index (χ2n) is 3.14. The van der Waals surface area contributed by atoms with E-state index in [1.807, 2.05) is 18.3 Å². The lowest BCUT2D eigenvalue weighted by atomic mass is 10.2. The molecule has 3 heteroatoms. The fourth-order valence-corrected chi connectivity index (χ4v) is 1.33. The number of aromatic amines is 1. The fourth-order valence-electron chi connectivity index (χ4n) is 1.33. The molecular formula is C11H12N2O. The Morgan fingerprint density at radius 1 is 1.29 bits per heavy atom. The van der Waals surface area contributed by atoms with Crippen LogP contribution >= 0.6 is 0 Å². The largest absolute Gasteiger partial charge is 0.508 e. The van der Waals surface area contributed by atoms with E-state index < -0.39 is 0 Å². The third kappa shape index (κ3) is 1.62. The second kappa shape index (κ2) is 3.54. The van der Waals surface area contributed by atoms with E-state index in [-0.39, 0.29) is 5.75 Å². The first-order chi connectivity index (χ1) is 6.79. The summed E-state index contributed by atoms with van der Waals surface area (Å²) in [7, 11) is 0. The van der Waals surface area contributed by atoms with Crippen molar-refractivity contribution in [2.45, 2.75) is 13.3 Å². The lowest BCUT2D eigenvalue weighted by Gasteiger charge is -1.97. The molecule has 0 radical (unpaired) electrons. The van der Waals surface area contributed by atoms with Gasteiger partial charge in [-0.05, 0) is 29.8 Å². The summed E-state index contributed by atoms with van der Waals surface area (Å²) < 4.78 is 0. The van der Waals surface area contributed by atoms with Gasteiger partial charge in [-0.3, -0.25) is 0 Å². The maximum atomic E-state index is 9.13. The Hall–Kier alpha value is -1.77. The Balaban J connectivity index is 2.34. The van der Waals surface area contributed by atoms with Crippen molar-refractivity contribution in [1.82, 2.24) is 9.97 Å². The van der Waals surface area contributed by atoms with Gasteiger partial charge in [0.15, 0.2) is 0 Å². The number of rotatable bonds is 2. The van der Waals surface area contributed by atoms with E-state index in [4.69, 9.17) is 5.11 Å². The van der Waals surface area contributed by atoms with E-state index in [1.165, 1.54) is 0 Å². The average Bonchev–Trinajstić information content (AvgIpc) is 2.67. The molecule has 0 unspecified atom stereocenters. The number of aryl methyl sites for hydroxylation is 1. The smallest absolute Gasteiger partial charge is 0.115 e. The molecule has 0 saturated carbocycles. The van der Waals surface area contributed by atoms with Crippen molar-refractivity contribution in [2.75, 3.05) is 0 Å². The zero-order valence-corrected chi connectivity index (χ0v) is 7.99. The monoisotopic (exact) mass is 188 g/mol. The number of imidazole rings is 1. The molecule has 0 fully saturated rings. The molecule has 0 aliphatic rings. The van der Waals surface area contributed by atoms with Crippen molar-refractivity contribution in [3.8, 4) is 17.0 Å². The maximum Gasteiger partial charge on any atom is 0.115 e.